The first-order valence-electron chi connectivity index (χ1n) is 15.9. The zero-order chi connectivity index (χ0) is 34.0. The van der Waals surface area contributed by atoms with Crippen LogP contribution in [0.2, 0.25) is 0 Å². The number of carbonyl (C=O) groups is 1. The lowest BCUT2D eigenvalue weighted by atomic mass is 9.84. The second-order valence-electron chi connectivity index (χ2n) is 13.1. The first-order valence-corrected chi connectivity index (χ1v) is 17.3. The normalized spacial score (nSPS) is 13.8. The van der Waals surface area contributed by atoms with Crippen LogP contribution in [0.1, 0.15) is 106 Å². The maximum atomic E-state index is 13.9. The highest BCUT2D eigenvalue weighted by Crippen LogP contribution is 2.29. The minimum atomic E-state index is -4.48. The van der Waals surface area contributed by atoms with Crippen LogP contribution >= 0.6 is 0 Å². The van der Waals surface area contributed by atoms with Crippen molar-refractivity contribution < 1.29 is 31.8 Å². The lowest BCUT2D eigenvalue weighted by molar-refractivity contribution is -0.146. The van der Waals surface area contributed by atoms with E-state index in [0.29, 0.717) is 38.0 Å². The van der Waals surface area contributed by atoms with Crippen LogP contribution < -0.4 is 0 Å². The van der Waals surface area contributed by atoms with Gasteiger partial charge in [-0.05, 0) is 97.1 Å². The first kappa shape index (κ1) is 40.3. The Kier molecular flexibility index (Phi) is 18.3. The van der Waals surface area contributed by atoms with Crippen molar-refractivity contribution in [3.8, 4) is 5.75 Å². The number of benzene rings is 1. The quantitative estimate of drug-likeness (QED) is 0.0451. The third-order valence-corrected chi connectivity index (χ3v) is 8.11. The van der Waals surface area contributed by atoms with Crippen molar-refractivity contribution >= 4 is 22.4 Å². The molecule has 0 aliphatic carbocycles. The van der Waals surface area contributed by atoms with Gasteiger partial charge < -0.3 is 14.7 Å². The molecule has 2 unspecified atom stereocenters. The van der Waals surface area contributed by atoms with Gasteiger partial charge >= 0.3 is 10.4 Å². The molecule has 2 atom stereocenters. The summed E-state index contributed by atoms with van der Waals surface area (Å²) in [6.07, 6.45) is 14.5. The lowest BCUT2D eigenvalue weighted by Gasteiger charge is -2.37. The zero-order valence-corrected chi connectivity index (χ0v) is 29.5. The molecule has 0 aliphatic rings. The van der Waals surface area contributed by atoms with Gasteiger partial charge in [0.1, 0.15) is 12.0 Å². The van der Waals surface area contributed by atoms with Gasteiger partial charge in [0.2, 0.25) is 5.91 Å². The Bertz CT molecular complexity index is 1270. The van der Waals surface area contributed by atoms with Crippen molar-refractivity contribution in [2.24, 2.45) is 11.3 Å². The van der Waals surface area contributed by atoms with Crippen LogP contribution in [0.25, 0.3) is 6.08 Å². The minimum Gasteiger partial charge on any atom is -0.507 e. The van der Waals surface area contributed by atoms with E-state index in [1.165, 1.54) is 22.8 Å². The van der Waals surface area contributed by atoms with Crippen molar-refractivity contribution in [3.05, 3.63) is 70.9 Å². The molecular formula is C36H57NO7S. The van der Waals surface area contributed by atoms with Crippen LogP contribution in [0.5, 0.6) is 5.75 Å². The second-order valence-corrected chi connectivity index (χ2v) is 14.2. The van der Waals surface area contributed by atoms with Crippen molar-refractivity contribution in [1.29, 1.82) is 0 Å². The highest BCUT2D eigenvalue weighted by molar-refractivity contribution is 7.80. The highest BCUT2D eigenvalue weighted by atomic mass is 32.3. The Morgan fingerprint density at radius 3 is 2.27 bits per heavy atom. The van der Waals surface area contributed by atoms with Crippen LogP contribution in [-0.2, 0) is 24.1 Å². The van der Waals surface area contributed by atoms with E-state index in [9.17, 15) is 18.3 Å². The molecule has 1 rings (SSSR count). The number of hydrogen-bond acceptors (Lipinski definition) is 6. The Balaban J connectivity index is 3.27. The summed E-state index contributed by atoms with van der Waals surface area (Å²) >= 11 is 0. The molecule has 0 heterocycles. The van der Waals surface area contributed by atoms with Gasteiger partial charge in [0.25, 0.3) is 0 Å². The van der Waals surface area contributed by atoms with Gasteiger partial charge in [0, 0.05) is 24.1 Å². The average molecular weight is 648 g/mol. The number of para-hydroxylation sites is 1. The number of aromatic hydroxyl groups is 1. The van der Waals surface area contributed by atoms with Gasteiger partial charge in [0.15, 0.2) is 0 Å². The molecule has 1 aromatic rings. The predicted octanol–water partition coefficient (Wildman–Crippen LogP) is 8.67. The van der Waals surface area contributed by atoms with Crippen LogP contribution in [0, 0.1) is 11.3 Å². The van der Waals surface area contributed by atoms with E-state index in [1.54, 1.807) is 35.2 Å². The summed E-state index contributed by atoms with van der Waals surface area (Å²) in [5.74, 6) is -0.0845. The molecule has 254 valence electrons. The Morgan fingerprint density at radius 2 is 1.64 bits per heavy atom. The van der Waals surface area contributed by atoms with E-state index in [0.717, 1.165) is 25.7 Å². The summed E-state index contributed by atoms with van der Waals surface area (Å²) in [6, 6.07) is 6.87. The SMILES string of the molecule is CC(C)=CCC/C(C)=C/COC(C(C)CCC=C(C)C)N(CCC(C)(C)CCCOS(=O)(=O)O)C(=O)/C=C/c1ccccc1O. The summed E-state index contributed by atoms with van der Waals surface area (Å²) < 4.78 is 41.7. The molecule has 1 amide bonds. The van der Waals surface area contributed by atoms with Gasteiger partial charge in [0.05, 0.1) is 13.2 Å². The van der Waals surface area contributed by atoms with Crippen molar-refractivity contribution in [3.63, 3.8) is 0 Å². The summed E-state index contributed by atoms with van der Waals surface area (Å²) in [5, 5.41) is 10.2. The van der Waals surface area contributed by atoms with E-state index in [-0.39, 0.29) is 29.6 Å². The second kappa shape index (κ2) is 20.4. The predicted molar refractivity (Wildman–Crippen MR) is 184 cm³/mol. The molecule has 0 spiro atoms. The highest BCUT2D eigenvalue weighted by Gasteiger charge is 2.30. The molecule has 0 fully saturated rings. The smallest absolute Gasteiger partial charge is 0.397 e. The number of ether oxygens (including phenoxy) is 1. The van der Waals surface area contributed by atoms with Gasteiger partial charge in [-0.2, -0.15) is 8.42 Å². The van der Waals surface area contributed by atoms with Crippen molar-refractivity contribution in [2.45, 2.75) is 107 Å². The number of amides is 1. The molecule has 0 bridgehead atoms. The number of carbonyl (C=O) groups excluding carboxylic acids is 1. The molecule has 9 heteroatoms. The van der Waals surface area contributed by atoms with E-state index < -0.39 is 16.6 Å². The van der Waals surface area contributed by atoms with Gasteiger partial charge in [-0.3, -0.25) is 9.35 Å². The molecule has 0 radical (unpaired) electrons. The number of phenolic OH excluding ortho intramolecular Hbond substituents is 1. The zero-order valence-electron chi connectivity index (χ0n) is 28.7. The fourth-order valence-corrected chi connectivity index (χ4v) is 5.16. The lowest BCUT2D eigenvalue weighted by Crippen LogP contribution is -2.46. The number of phenols is 1. The van der Waals surface area contributed by atoms with E-state index in [4.69, 9.17) is 9.29 Å². The number of rotatable bonds is 21. The first-order chi connectivity index (χ1) is 21.0. The fraction of sp³-hybridized carbons (Fsp3) is 0.583. The van der Waals surface area contributed by atoms with E-state index in [1.807, 2.05) is 0 Å². The molecule has 0 aliphatic heterocycles. The monoisotopic (exact) mass is 647 g/mol. The summed E-state index contributed by atoms with van der Waals surface area (Å²) in [5.41, 5.74) is 4.07. The van der Waals surface area contributed by atoms with Crippen molar-refractivity contribution in [2.75, 3.05) is 19.8 Å². The Hall–Kier alpha value is -2.72. The summed E-state index contributed by atoms with van der Waals surface area (Å²) in [4.78, 5) is 15.7. The van der Waals surface area contributed by atoms with E-state index in [2.05, 4.69) is 77.8 Å². The number of allylic oxidation sites excluding steroid dienone is 5. The standard InChI is InChI=1S/C36H57NO7S/c1-28(2)14-11-16-30(5)22-27-43-35(31(6)17-12-15-29(3)4)37(34(39)21-20-32-18-9-10-19-33(32)38)25-24-36(7,8)23-13-26-44-45(40,41)42/h9-10,14-15,18-22,31,35,38H,11-13,16-17,23-27H2,1-8H3,(H,40,41,42)/b21-20+,30-22+. The third kappa shape index (κ3) is 18.8. The van der Waals surface area contributed by atoms with Crippen LogP contribution in [0.4, 0.5) is 0 Å². The fourth-order valence-electron chi connectivity index (χ4n) is 4.83. The Labute approximate surface area is 272 Å². The van der Waals surface area contributed by atoms with Gasteiger partial charge in [-0.25, -0.2) is 4.18 Å². The molecular weight excluding hydrogens is 590 g/mol. The number of nitrogens with zero attached hydrogens (tertiary/aromatic N) is 1. The number of hydrogen-bond donors (Lipinski definition) is 2. The largest absolute Gasteiger partial charge is 0.507 e. The molecule has 45 heavy (non-hydrogen) atoms. The Morgan fingerprint density at radius 1 is 1.00 bits per heavy atom. The van der Waals surface area contributed by atoms with E-state index >= 15 is 0 Å². The molecule has 1 aromatic carbocycles. The van der Waals surface area contributed by atoms with Crippen LogP contribution in [0.15, 0.2) is 65.3 Å². The third-order valence-electron chi connectivity index (χ3n) is 7.64. The van der Waals surface area contributed by atoms with Gasteiger partial charge in [-0.15, -0.1) is 0 Å². The molecule has 8 nitrogen and oxygen atoms in total. The average Bonchev–Trinajstić information content (AvgIpc) is 2.93. The molecule has 0 aromatic heterocycles. The summed E-state index contributed by atoms with van der Waals surface area (Å²) in [6.45, 7) is 17.4. The maximum absolute atomic E-state index is 13.9. The maximum Gasteiger partial charge on any atom is 0.397 e. The summed E-state index contributed by atoms with van der Waals surface area (Å²) in [7, 11) is -4.48. The molecule has 2 N–H and O–H groups in total. The topological polar surface area (TPSA) is 113 Å². The minimum absolute atomic E-state index is 0.0359. The molecule has 0 saturated carbocycles. The van der Waals surface area contributed by atoms with Crippen molar-refractivity contribution in [1.82, 2.24) is 4.90 Å². The van der Waals surface area contributed by atoms with Crippen LogP contribution in [-0.4, -0.2) is 54.9 Å². The molecule has 0 saturated heterocycles. The van der Waals surface area contributed by atoms with Crippen LogP contribution in [0.3, 0.4) is 0 Å². The van der Waals surface area contributed by atoms with Gasteiger partial charge in [-0.1, -0.05) is 73.9 Å².